The standard InChI is InChI=1S/C21H18N4OS2/c1-13-7-8-14(2)15(11-13)16-9-10-20(25-24-16)27-12-19(26)23-21-22-17-5-3-4-6-18(17)28-21/h3-11H,12H2,1-2H3,(H,22,23,26). The van der Waals surface area contributed by atoms with Crippen LogP contribution in [0, 0.1) is 13.8 Å². The van der Waals surface area contributed by atoms with E-state index in [1.807, 2.05) is 36.4 Å². The summed E-state index contributed by atoms with van der Waals surface area (Å²) in [6.45, 7) is 4.12. The molecule has 7 heteroatoms. The highest BCUT2D eigenvalue weighted by atomic mass is 32.2. The summed E-state index contributed by atoms with van der Waals surface area (Å²) < 4.78 is 1.05. The summed E-state index contributed by atoms with van der Waals surface area (Å²) in [6.07, 6.45) is 0. The lowest BCUT2D eigenvalue weighted by atomic mass is 10.0. The predicted octanol–water partition coefficient (Wildman–Crippen LogP) is 5.10. The van der Waals surface area contributed by atoms with E-state index in [1.165, 1.54) is 28.7 Å². The normalized spacial score (nSPS) is 10.9. The van der Waals surface area contributed by atoms with Crippen LogP contribution < -0.4 is 5.32 Å². The van der Waals surface area contributed by atoms with Crippen molar-refractivity contribution in [3.05, 3.63) is 65.7 Å². The molecular formula is C21H18N4OS2. The van der Waals surface area contributed by atoms with Gasteiger partial charge >= 0.3 is 0 Å². The molecule has 0 bridgehead atoms. The molecule has 2 aromatic heterocycles. The van der Waals surface area contributed by atoms with E-state index >= 15 is 0 Å². The first kappa shape index (κ1) is 18.6. The summed E-state index contributed by atoms with van der Waals surface area (Å²) in [5.41, 5.74) is 5.16. The number of nitrogens with one attached hydrogen (secondary N) is 1. The number of rotatable bonds is 5. The Morgan fingerprint density at radius 2 is 1.93 bits per heavy atom. The van der Waals surface area contributed by atoms with E-state index in [0.717, 1.165) is 27.0 Å². The minimum atomic E-state index is -0.107. The number of fused-ring (bicyclic) bond motifs is 1. The number of hydrogen-bond acceptors (Lipinski definition) is 6. The van der Waals surface area contributed by atoms with E-state index in [0.29, 0.717) is 10.2 Å². The van der Waals surface area contributed by atoms with Crippen LogP contribution in [-0.2, 0) is 4.79 Å². The molecule has 0 fully saturated rings. The Bertz CT molecular complexity index is 1110. The molecule has 0 unspecified atom stereocenters. The molecule has 4 rings (SSSR count). The van der Waals surface area contributed by atoms with Crippen molar-refractivity contribution in [2.45, 2.75) is 18.9 Å². The first-order valence-electron chi connectivity index (χ1n) is 8.78. The highest BCUT2D eigenvalue weighted by Crippen LogP contribution is 2.26. The Kier molecular flexibility index (Phi) is 5.36. The molecule has 28 heavy (non-hydrogen) atoms. The molecule has 0 aliphatic heterocycles. The highest BCUT2D eigenvalue weighted by molar-refractivity contribution is 7.99. The maximum atomic E-state index is 12.2. The number of aromatic nitrogens is 3. The number of para-hydroxylation sites is 1. The van der Waals surface area contributed by atoms with Crippen molar-refractivity contribution >= 4 is 44.4 Å². The quantitative estimate of drug-likeness (QED) is 0.467. The van der Waals surface area contributed by atoms with Gasteiger partial charge in [0.1, 0.15) is 5.03 Å². The van der Waals surface area contributed by atoms with E-state index < -0.39 is 0 Å². The Labute approximate surface area is 171 Å². The number of benzene rings is 2. The van der Waals surface area contributed by atoms with Gasteiger partial charge < -0.3 is 5.32 Å². The van der Waals surface area contributed by atoms with Gasteiger partial charge in [-0.05, 0) is 49.7 Å². The van der Waals surface area contributed by atoms with E-state index in [4.69, 9.17) is 0 Å². The van der Waals surface area contributed by atoms with Gasteiger partial charge in [-0.15, -0.1) is 10.2 Å². The van der Waals surface area contributed by atoms with Crippen molar-refractivity contribution in [2.24, 2.45) is 0 Å². The molecule has 5 nitrogen and oxygen atoms in total. The third kappa shape index (κ3) is 4.21. The van der Waals surface area contributed by atoms with Gasteiger partial charge in [-0.25, -0.2) is 4.98 Å². The van der Waals surface area contributed by atoms with Gasteiger partial charge in [0, 0.05) is 5.56 Å². The fourth-order valence-electron chi connectivity index (χ4n) is 2.77. The molecular weight excluding hydrogens is 388 g/mol. The number of carbonyl (C=O) groups excluding carboxylic acids is 1. The van der Waals surface area contributed by atoms with Crippen molar-refractivity contribution in [1.29, 1.82) is 0 Å². The van der Waals surface area contributed by atoms with Crippen LogP contribution in [0.3, 0.4) is 0 Å². The van der Waals surface area contributed by atoms with Gasteiger partial charge in [-0.2, -0.15) is 0 Å². The Morgan fingerprint density at radius 3 is 2.71 bits per heavy atom. The van der Waals surface area contributed by atoms with E-state index in [2.05, 4.69) is 52.5 Å². The van der Waals surface area contributed by atoms with E-state index in [9.17, 15) is 4.79 Å². The molecule has 0 saturated heterocycles. The Balaban J connectivity index is 1.38. The second-order valence-corrected chi connectivity index (χ2v) is 8.43. The molecule has 4 aromatic rings. The lowest BCUT2D eigenvalue weighted by Crippen LogP contribution is -2.13. The van der Waals surface area contributed by atoms with Crippen LogP contribution in [-0.4, -0.2) is 26.8 Å². The van der Waals surface area contributed by atoms with Gasteiger partial charge in [0.05, 0.1) is 21.7 Å². The molecule has 0 radical (unpaired) electrons. The van der Waals surface area contributed by atoms with Crippen LogP contribution in [0.25, 0.3) is 21.5 Å². The van der Waals surface area contributed by atoms with Crippen molar-refractivity contribution in [3.8, 4) is 11.3 Å². The molecule has 1 amide bonds. The molecule has 0 atom stereocenters. The molecule has 0 spiro atoms. The number of thioether (sulfide) groups is 1. The topological polar surface area (TPSA) is 67.8 Å². The number of thiazole rings is 1. The second-order valence-electron chi connectivity index (χ2n) is 6.40. The van der Waals surface area contributed by atoms with Gasteiger partial charge in [-0.3, -0.25) is 4.79 Å². The molecule has 2 heterocycles. The van der Waals surface area contributed by atoms with Crippen LogP contribution in [0.15, 0.2) is 59.6 Å². The SMILES string of the molecule is Cc1ccc(C)c(-c2ccc(SCC(=O)Nc3nc4ccccc4s3)nn2)c1. The average molecular weight is 407 g/mol. The lowest BCUT2D eigenvalue weighted by Gasteiger charge is -2.06. The van der Waals surface area contributed by atoms with Crippen LogP contribution in [0.1, 0.15) is 11.1 Å². The number of amides is 1. The Hall–Kier alpha value is -2.77. The third-order valence-electron chi connectivity index (χ3n) is 4.20. The zero-order valence-electron chi connectivity index (χ0n) is 15.5. The molecule has 2 aromatic carbocycles. The maximum Gasteiger partial charge on any atom is 0.236 e. The minimum absolute atomic E-state index is 0.107. The first-order valence-corrected chi connectivity index (χ1v) is 10.6. The smallest absolute Gasteiger partial charge is 0.236 e. The summed E-state index contributed by atoms with van der Waals surface area (Å²) in [7, 11) is 0. The Morgan fingerprint density at radius 1 is 1.07 bits per heavy atom. The summed E-state index contributed by atoms with van der Waals surface area (Å²) in [5, 5.41) is 12.8. The van der Waals surface area contributed by atoms with Crippen molar-refractivity contribution in [3.63, 3.8) is 0 Å². The highest BCUT2D eigenvalue weighted by Gasteiger charge is 2.10. The average Bonchev–Trinajstić information content (AvgIpc) is 3.11. The van der Waals surface area contributed by atoms with Crippen LogP contribution in [0.5, 0.6) is 0 Å². The number of aryl methyl sites for hydroxylation is 2. The lowest BCUT2D eigenvalue weighted by molar-refractivity contribution is -0.113. The minimum Gasteiger partial charge on any atom is -0.301 e. The van der Waals surface area contributed by atoms with Crippen LogP contribution in [0.2, 0.25) is 0 Å². The summed E-state index contributed by atoms with van der Waals surface area (Å²) >= 11 is 2.83. The van der Waals surface area contributed by atoms with Gasteiger partial charge in [0.15, 0.2) is 5.13 Å². The molecule has 0 aliphatic carbocycles. The van der Waals surface area contributed by atoms with E-state index in [-0.39, 0.29) is 11.7 Å². The molecule has 1 N–H and O–H groups in total. The van der Waals surface area contributed by atoms with Crippen molar-refractivity contribution < 1.29 is 4.79 Å². The van der Waals surface area contributed by atoms with Gasteiger partial charge in [0.2, 0.25) is 5.91 Å². The maximum absolute atomic E-state index is 12.2. The van der Waals surface area contributed by atoms with Crippen LogP contribution in [0.4, 0.5) is 5.13 Å². The van der Waals surface area contributed by atoms with E-state index in [1.54, 1.807) is 0 Å². The molecule has 0 saturated carbocycles. The van der Waals surface area contributed by atoms with Crippen molar-refractivity contribution in [1.82, 2.24) is 15.2 Å². The molecule has 140 valence electrons. The third-order valence-corrected chi connectivity index (χ3v) is 6.07. The zero-order valence-corrected chi connectivity index (χ0v) is 17.1. The predicted molar refractivity (Wildman–Crippen MR) is 116 cm³/mol. The second kappa shape index (κ2) is 8.08. The largest absolute Gasteiger partial charge is 0.301 e. The van der Waals surface area contributed by atoms with Gasteiger partial charge in [-0.1, -0.05) is 52.9 Å². The molecule has 0 aliphatic rings. The van der Waals surface area contributed by atoms with Crippen LogP contribution >= 0.6 is 23.1 Å². The number of nitrogens with zero attached hydrogens (tertiary/aromatic N) is 3. The first-order chi connectivity index (χ1) is 13.6. The fraction of sp³-hybridized carbons (Fsp3) is 0.143. The summed E-state index contributed by atoms with van der Waals surface area (Å²) in [4.78, 5) is 16.6. The fourth-order valence-corrected chi connectivity index (χ4v) is 4.27. The summed E-state index contributed by atoms with van der Waals surface area (Å²) in [5.74, 6) is 0.150. The number of hydrogen-bond donors (Lipinski definition) is 1. The van der Waals surface area contributed by atoms with Gasteiger partial charge in [0.25, 0.3) is 0 Å². The number of carbonyl (C=O) groups is 1. The summed E-state index contributed by atoms with van der Waals surface area (Å²) in [6, 6.07) is 17.9. The monoisotopic (exact) mass is 406 g/mol. The number of anilines is 1. The zero-order chi connectivity index (χ0) is 19.5. The van der Waals surface area contributed by atoms with Crippen molar-refractivity contribution in [2.75, 3.05) is 11.1 Å².